The summed E-state index contributed by atoms with van der Waals surface area (Å²) < 4.78 is 80.8. The quantitative estimate of drug-likeness (QED) is 0.476. The van der Waals surface area contributed by atoms with Crippen LogP contribution in [0, 0.1) is 6.92 Å². The number of halogens is 6. The molecule has 39 heavy (non-hydrogen) atoms. The minimum Gasteiger partial charge on any atom is -0.480 e. The third kappa shape index (κ3) is 6.55. The van der Waals surface area contributed by atoms with Crippen LogP contribution < -0.4 is 4.90 Å². The molecule has 1 spiro atoms. The predicted molar refractivity (Wildman–Crippen MR) is 129 cm³/mol. The predicted octanol–water partition coefficient (Wildman–Crippen LogP) is 5.50. The van der Waals surface area contributed by atoms with Crippen molar-refractivity contribution in [2.75, 3.05) is 31.1 Å². The van der Waals surface area contributed by atoms with Crippen molar-refractivity contribution in [2.24, 2.45) is 0 Å². The summed E-state index contributed by atoms with van der Waals surface area (Å²) in [7, 11) is 0. The summed E-state index contributed by atoms with van der Waals surface area (Å²) in [6.07, 6.45) is -12.5. The van der Waals surface area contributed by atoms with Gasteiger partial charge in [-0.3, -0.25) is 4.90 Å². The van der Waals surface area contributed by atoms with E-state index >= 15 is 0 Å². The van der Waals surface area contributed by atoms with Crippen molar-refractivity contribution in [3.05, 3.63) is 29.3 Å². The summed E-state index contributed by atoms with van der Waals surface area (Å²) in [6, 6.07) is 5.44. The van der Waals surface area contributed by atoms with Gasteiger partial charge in [0.15, 0.2) is 0 Å². The second-order valence-corrected chi connectivity index (χ2v) is 10.8. The van der Waals surface area contributed by atoms with Crippen molar-refractivity contribution in [1.82, 2.24) is 9.80 Å². The fourth-order valence-corrected chi connectivity index (χ4v) is 6.22. The highest BCUT2D eigenvalue weighted by Crippen LogP contribution is 2.41. The van der Waals surface area contributed by atoms with E-state index in [0.29, 0.717) is 32.4 Å². The molecule has 13 heteroatoms. The number of anilines is 1. The Labute approximate surface area is 222 Å². The van der Waals surface area contributed by atoms with Crippen LogP contribution in [-0.2, 0) is 16.1 Å². The van der Waals surface area contributed by atoms with E-state index in [-0.39, 0.29) is 18.6 Å². The Balaban J connectivity index is 1.43. The highest BCUT2D eigenvalue weighted by Gasteiger charge is 2.60. The molecule has 0 saturated carbocycles. The Bertz CT molecular complexity index is 1040. The molecular formula is C26H33F6N3O4. The molecule has 3 saturated heterocycles. The molecule has 1 aromatic carbocycles. The number of amides is 1. The zero-order valence-electron chi connectivity index (χ0n) is 21.7. The average molecular weight is 566 g/mol. The van der Waals surface area contributed by atoms with Crippen LogP contribution in [0.3, 0.4) is 0 Å². The van der Waals surface area contributed by atoms with Crippen LogP contribution in [-0.4, -0.2) is 83.2 Å². The molecule has 1 atom stereocenters. The van der Waals surface area contributed by atoms with E-state index in [0.717, 1.165) is 53.9 Å². The zero-order valence-corrected chi connectivity index (χ0v) is 21.7. The lowest BCUT2D eigenvalue weighted by molar-refractivity contribution is -0.308. The first-order chi connectivity index (χ1) is 18.2. The summed E-state index contributed by atoms with van der Waals surface area (Å²) in [4.78, 5) is 29.2. The van der Waals surface area contributed by atoms with Crippen LogP contribution >= 0.6 is 0 Å². The number of aryl methyl sites for hydroxylation is 1. The van der Waals surface area contributed by atoms with Crippen LogP contribution in [0.25, 0.3) is 0 Å². The van der Waals surface area contributed by atoms with Gasteiger partial charge in [-0.2, -0.15) is 26.3 Å². The number of hydrogen-bond acceptors (Lipinski definition) is 5. The minimum absolute atomic E-state index is 0.00902. The van der Waals surface area contributed by atoms with E-state index in [1.54, 1.807) is 0 Å². The van der Waals surface area contributed by atoms with Gasteiger partial charge < -0.3 is 19.6 Å². The number of alkyl halides is 6. The Morgan fingerprint density at radius 1 is 0.974 bits per heavy atom. The molecule has 0 aliphatic carbocycles. The van der Waals surface area contributed by atoms with Crippen molar-refractivity contribution < 1.29 is 45.8 Å². The topological polar surface area (TPSA) is 73.3 Å². The Morgan fingerprint density at radius 3 is 2.26 bits per heavy atom. The number of likely N-dealkylation sites (tertiary alicyclic amines) is 2. The molecule has 0 bridgehead atoms. The van der Waals surface area contributed by atoms with Gasteiger partial charge in [-0.05, 0) is 81.7 Å². The van der Waals surface area contributed by atoms with Gasteiger partial charge in [0.05, 0.1) is 0 Å². The monoisotopic (exact) mass is 565 g/mol. The van der Waals surface area contributed by atoms with Crippen molar-refractivity contribution >= 4 is 17.7 Å². The summed E-state index contributed by atoms with van der Waals surface area (Å²) in [5.41, 5.74) is 2.52. The minimum atomic E-state index is -5.75. The lowest BCUT2D eigenvalue weighted by Gasteiger charge is -2.45. The van der Waals surface area contributed by atoms with E-state index in [1.807, 2.05) is 30.0 Å². The molecule has 3 heterocycles. The maximum atomic E-state index is 12.8. The SMILES string of the molecule is Cc1cc(CN2CCCC23CCN(C(=O)OC(C(F)(F)F)C(F)(F)F)CC3)cc(N2CCCC[C@H]2C(=O)O)c1. The average Bonchev–Trinajstić information content (AvgIpc) is 3.22. The van der Waals surface area contributed by atoms with Crippen LogP contribution in [0.5, 0.6) is 0 Å². The lowest BCUT2D eigenvalue weighted by atomic mass is 9.84. The summed E-state index contributed by atoms with van der Waals surface area (Å²) >= 11 is 0. The zero-order chi connectivity index (χ0) is 28.6. The maximum absolute atomic E-state index is 12.8. The molecule has 4 rings (SSSR count). The third-order valence-corrected chi connectivity index (χ3v) is 8.12. The second-order valence-electron chi connectivity index (χ2n) is 10.8. The fourth-order valence-electron chi connectivity index (χ4n) is 6.22. The number of aliphatic carboxylic acids is 1. The van der Waals surface area contributed by atoms with Crippen molar-refractivity contribution in [2.45, 2.75) is 88.5 Å². The second kappa shape index (κ2) is 11.1. The third-order valence-electron chi connectivity index (χ3n) is 8.12. The molecule has 0 radical (unpaired) electrons. The van der Waals surface area contributed by atoms with E-state index < -0.39 is 36.6 Å². The largest absolute Gasteiger partial charge is 0.480 e. The van der Waals surface area contributed by atoms with Crippen LogP contribution in [0.15, 0.2) is 18.2 Å². The van der Waals surface area contributed by atoms with Gasteiger partial charge >= 0.3 is 24.4 Å². The van der Waals surface area contributed by atoms with Gasteiger partial charge in [-0.15, -0.1) is 0 Å². The highest BCUT2D eigenvalue weighted by molar-refractivity contribution is 5.78. The van der Waals surface area contributed by atoms with Crippen LogP contribution in [0.1, 0.15) is 56.1 Å². The first-order valence-corrected chi connectivity index (χ1v) is 13.1. The molecule has 3 aliphatic heterocycles. The summed E-state index contributed by atoms with van der Waals surface area (Å²) in [6.45, 7) is 3.92. The molecule has 1 N–H and O–H groups in total. The number of piperidine rings is 2. The van der Waals surface area contributed by atoms with Crippen molar-refractivity contribution in [3.63, 3.8) is 0 Å². The number of ether oxygens (including phenoxy) is 1. The standard InChI is InChI=1S/C26H33F6N3O4/c1-17-13-18(15-19(14-17)35-10-3-2-5-20(35)21(36)37)16-34-9-4-6-24(34)7-11-33(12-8-24)23(38)39-22(25(27,28)29)26(30,31)32/h13-15,20,22H,2-12,16H2,1H3,(H,36,37)/t20-/m0/s1. The molecule has 0 unspecified atom stereocenters. The van der Waals surface area contributed by atoms with Gasteiger partial charge in [0.2, 0.25) is 0 Å². The van der Waals surface area contributed by atoms with E-state index in [2.05, 4.69) is 9.64 Å². The molecule has 0 aromatic heterocycles. The Morgan fingerprint density at radius 2 is 1.64 bits per heavy atom. The van der Waals surface area contributed by atoms with E-state index in [4.69, 9.17) is 0 Å². The van der Waals surface area contributed by atoms with Crippen LogP contribution in [0.4, 0.5) is 36.8 Å². The number of carboxylic acids is 1. The van der Waals surface area contributed by atoms with Gasteiger partial charge in [-0.1, -0.05) is 6.07 Å². The highest BCUT2D eigenvalue weighted by atomic mass is 19.4. The van der Waals surface area contributed by atoms with E-state index in [1.165, 1.54) is 0 Å². The lowest BCUT2D eigenvalue weighted by Crippen LogP contribution is -2.54. The summed E-state index contributed by atoms with van der Waals surface area (Å²) in [5.74, 6) is -0.849. The number of carbonyl (C=O) groups is 2. The van der Waals surface area contributed by atoms with Gasteiger partial charge in [0, 0.05) is 37.4 Å². The van der Waals surface area contributed by atoms with Crippen molar-refractivity contribution in [3.8, 4) is 0 Å². The number of carboxylic acid groups (broad SMARTS) is 1. The molecule has 3 aliphatic rings. The van der Waals surface area contributed by atoms with Gasteiger partial charge in [0.1, 0.15) is 6.04 Å². The molecule has 7 nitrogen and oxygen atoms in total. The molecule has 218 valence electrons. The number of carbonyl (C=O) groups excluding carboxylic acids is 1. The van der Waals surface area contributed by atoms with E-state index in [9.17, 15) is 41.0 Å². The number of rotatable bonds is 5. The summed E-state index contributed by atoms with van der Waals surface area (Å²) in [5, 5.41) is 9.69. The fraction of sp³-hybridized carbons (Fsp3) is 0.692. The Kier molecular flexibility index (Phi) is 8.30. The smallest absolute Gasteiger partial charge is 0.434 e. The van der Waals surface area contributed by atoms with Crippen molar-refractivity contribution in [1.29, 1.82) is 0 Å². The van der Waals surface area contributed by atoms with Crippen LogP contribution in [0.2, 0.25) is 0 Å². The van der Waals surface area contributed by atoms with Gasteiger partial charge in [0.25, 0.3) is 6.10 Å². The molecule has 1 amide bonds. The number of benzene rings is 1. The first kappa shape index (κ1) is 29.3. The normalized spacial score (nSPS) is 22.5. The van der Waals surface area contributed by atoms with Gasteiger partial charge in [-0.25, -0.2) is 9.59 Å². The first-order valence-electron chi connectivity index (χ1n) is 13.1. The molecule has 1 aromatic rings. The maximum Gasteiger partial charge on any atom is 0.434 e. The number of nitrogens with zero attached hydrogens (tertiary/aromatic N) is 3. The molecular weight excluding hydrogens is 532 g/mol. The Hall–Kier alpha value is -2.70. The number of hydrogen-bond donors (Lipinski definition) is 1. The molecule has 3 fully saturated rings.